The number of amides is 1. The summed E-state index contributed by atoms with van der Waals surface area (Å²) in [6.45, 7) is 0. The predicted octanol–water partition coefficient (Wildman–Crippen LogP) is 5.41. The molecule has 0 aliphatic heterocycles. The van der Waals surface area contributed by atoms with Gasteiger partial charge in [-0.15, -0.1) is 0 Å². The number of nitrogens with one attached hydrogen (secondary N) is 3. The number of hydrogen-bond acceptors (Lipinski definition) is 7. The number of nitrogens with zero attached hydrogens (tertiary/aromatic N) is 6. The molecule has 11 heteroatoms. The largest absolute Gasteiger partial charge is 0.321 e. The minimum atomic E-state index is -0.551. The highest BCUT2D eigenvalue weighted by Crippen LogP contribution is 2.34. The Kier molecular flexibility index (Phi) is 5.52. The van der Waals surface area contributed by atoms with Gasteiger partial charge in [-0.3, -0.25) is 19.9 Å². The fourth-order valence-electron chi connectivity index (χ4n) is 4.56. The number of rotatable bonds is 5. The molecule has 0 aliphatic rings. The number of carbonyl (C=O) groups excluding carboxylic acids is 1. The van der Waals surface area contributed by atoms with E-state index in [2.05, 4.69) is 40.4 Å². The Labute approximate surface area is 225 Å². The van der Waals surface area contributed by atoms with E-state index in [0.717, 1.165) is 11.1 Å². The number of anilines is 1. The summed E-state index contributed by atoms with van der Waals surface area (Å²) in [5, 5.41) is 10.1. The third kappa shape index (κ3) is 4.02. The van der Waals surface area contributed by atoms with E-state index in [0.29, 0.717) is 33.8 Å². The molecule has 7 aromatic rings. The van der Waals surface area contributed by atoms with Crippen molar-refractivity contribution in [3.8, 4) is 33.8 Å². The van der Waals surface area contributed by atoms with Crippen LogP contribution in [0.5, 0.6) is 0 Å². The maximum atomic E-state index is 16.1. The fourth-order valence-corrected chi connectivity index (χ4v) is 4.56. The highest BCUT2D eigenvalue weighted by molar-refractivity contribution is 6.04. The average Bonchev–Trinajstić information content (AvgIpc) is 3.63. The topological polar surface area (TPSA) is 138 Å². The van der Waals surface area contributed by atoms with Crippen LogP contribution in [0, 0.1) is 5.82 Å². The lowest BCUT2D eigenvalue weighted by Crippen LogP contribution is -2.11. The second-order valence-corrected chi connectivity index (χ2v) is 8.94. The maximum absolute atomic E-state index is 16.1. The number of fused-ring (bicyclic) bond motifs is 2. The van der Waals surface area contributed by atoms with E-state index in [4.69, 9.17) is 4.98 Å². The van der Waals surface area contributed by atoms with Crippen LogP contribution in [0.2, 0.25) is 0 Å². The lowest BCUT2D eigenvalue weighted by Gasteiger charge is -2.08. The smallest absolute Gasteiger partial charge is 0.255 e. The summed E-state index contributed by atoms with van der Waals surface area (Å²) < 4.78 is 16.1. The van der Waals surface area contributed by atoms with E-state index in [9.17, 15) is 4.79 Å². The van der Waals surface area contributed by atoms with E-state index < -0.39 is 5.82 Å². The van der Waals surface area contributed by atoms with Gasteiger partial charge in [-0.05, 0) is 42.0 Å². The minimum absolute atomic E-state index is 0.167. The summed E-state index contributed by atoms with van der Waals surface area (Å²) in [7, 11) is 0. The van der Waals surface area contributed by atoms with Gasteiger partial charge in [-0.25, -0.2) is 19.3 Å². The van der Waals surface area contributed by atoms with Gasteiger partial charge in [0.15, 0.2) is 17.1 Å². The highest BCUT2D eigenvalue weighted by atomic mass is 19.1. The molecule has 10 nitrogen and oxygen atoms in total. The molecule has 40 heavy (non-hydrogen) atoms. The Balaban J connectivity index is 1.29. The minimum Gasteiger partial charge on any atom is -0.321 e. The van der Waals surface area contributed by atoms with E-state index in [1.807, 2.05) is 24.3 Å². The molecule has 7 rings (SSSR count). The Morgan fingerprint density at radius 2 is 1.68 bits per heavy atom. The molecule has 3 N–H and O–H groups in total. The lowest BCUT2D eigenvalue weighted by atomic mass is 10.1. The van der Waals surface area contributed by atoms with Gasteiger partial charge in [0.2, 0.25) is 0 Å². The summed E-state index contributed by atoms with van der Waals surface area (Å²) in [4.78, 5) is 37.5. The van der Waals surface area contributed by atoms with Gasteiger partial charge in [0, 0.05) is 53.2 Å². The van der Waals surface area contributed by atoms with Crippen LogP contribution in [-0.2, 0) is 0 Å². The van der Waals surface area contributed by atoms with Gasteiger partial charge in [0.25, 0.3) is 5.91 Å². The van der Waals surface area contributed by atoms with Crippen LogP contribution in [0.1, 0.15) is 10.4 Å². The van der Waals surface area contributed by atoms with Crippen LogP contribution in [0.25, 0.3) is 56.0 Å². The molecule has 0 spiro atoms. The van der Waals surface area contributed by atoms with Crippen molar-refractivity contribution in [3.05, 3.63) is 103 Å². The zero-order chi connectivity index (χ0) is 27.1. The van der Waals surface area contributed by atoms with Crippen molar-refractivity contribution in [2.24, 2.45) is 0 Å². The monoisotopic (exact) mass is 527 g/mol. The second kappa shape index (κ2) is 9.48. The first kappa shape index (κ1) is 23.3. The summed E-state index contributed by atoms with van der Waals surface area (Å²) in [6.07, 6.45) is 9.50. The molecule has 1 amide bonds. The number of pyridine rings is 4. The van der Waals surface area contributed by atoms with Crippen molar-refractivity contribution in [3.63, 3.8) is 0 Å². The van der Waals surface area contributed by atoms with Crippen molar-refractivity contribution in [2.75, 3.05) is 5.32 Å². The van der Waals surface area contributed by atoms with Crippen LogP contribution in [-0.4, -0.2) is 46.0 Å². The average molecular weight is 528 g/mol. The number of imidazole rings is 1. The molecule has 0 saturated heterocycles. The fraction of sp³-hybridized carbons (Fsp3) is 0. The van der Waals surface area contributed by atoms with Gasteiger partial charge in [0.05, 0.1) is 17.3 Å². The number of aromatic nitrogens is 8. The Bertz CT molecular complexity index is 2020. The first-order valence-corrected chi connectivity index (χ1v) is 12.3. The van der Waals surface area contributed by atoms with Gasteiger partial charge in [-0.1, -0.05) is 18.2 Å². The molecule has 6 aromatic heterocycles. The van der Waals surface area contributed by atoms with E-state index in [1.165, 1.54) is 18.6 Å². The van der Waals surface area contributed by atoms with Crippen LogP contribution in [0.3, 0.4) is 0 Å². The zero-order valence-electron chi connectivity index (χ0n) is 20.6. The van der Waals surface area contributed by atoms with Crippen molar-refractivity contribution >= 4 is 33.8 Å². The van der Waals surface area contributed by atoms with Crippen LogP contribution >= 0.6 is 0 Å². The summed E-state index contributed by atoms with van der Waals surface area (Å²) in [5.74, 6) is -0.504. The molecule has 0 atom stereocenters. The standard InChI is InChI=1S/C29H18FN9O/c30-23-21(18-12-19(14-32-13-18)35-29(40)17-4-2-1-3-5-17)15-34-26-22(23)25(38-39-26)28-36-24-20(8-11-33-27(24)37-28)16-6-9-31-10-7-16/h1-15H,(H,35,40)(H,33,36,37)(H,34,38,39). The third-order valence-corrected chi connectivity index (χ3v) is 6.47. The Morgan fingerprint density at radius 1 is 0.825 bits per heavy atom. The Morgan fingerprint density at radius 3 is 2.52 bits per heavy atom. The van der Waals surface area contributed by atoms with E-state index in [-0.39, 0.29) is 28.2 Å². The SMILES string of the molecule is O=C(Nc1cncc(-c2cnc3[nH]nc(-c4nc5c(-c6ccncc6)ccnc5[nH]4)c3c2F)c1)c1ccccc1. The first-order chi connectivity index (χ1) is 19.7. The van der Waals surface area contributed by atoms with Crippen molar-refractivity contribution in [1.82, 2.24) is 40.1 Å². The highest BCUT2D eigenvalue weighted by Gasteiger charge is 2.22. The summed E-state index contributed by atoms with van der Waals surface area (Å²) in [5.41, 5.74) is 5.03. The molecule has 0 radical (unpaired) electrons. The van der Waals surface area contributed by atoms with Crippen molar-refractivity contribution in [2.45, 2.75) is 0 Å². The number of benzene rings is 1. The molecule has 0 bridgehead atoms. The van der Waals surface area contributed by atoms with Crippen LogP contribution in [0.4, 0.5) is 10.1 Å². The number of H-pyrrole nitrogens is 2. The van der Waals surface area contributed by atoms with Crippen LogP contribution < -0.4 is 5.32 Å². The Hall–Kier alpha value is -5.84. The van der Waals surface area contributed by atoms with Crippen LogP contribution in [0.15, 0.2) is 91.8 Å². The van der Waals surface area contributed by atoms with Crippen molar-refractivity contribution in [1.29, 1.82) is 0 Å². The predicted molar refractivity (Wildman–Crippen MR) is 148 cm³/mol. The van der Waals surface area contributed by atoms with Gasteiger partial charge < -0.3 is 10.3 Å². The number of hydrogen-bond donors (Lipinski definition) is 3. The van der Waals surface area contributed by atoms with Gasteiger partial charge in [0.1, 0.15) is 17.0 Å². The maximum Gasteiger partial charge on any atom is 0.255 e. The third-order valence-electron chi connectivity index (χ3n) is 6.47. The van der Waals surface area contributed by atoms with Crippen molar-refractivity contribution < 1.29 is 9.18 Å². The molecule has 0 unspecified atom stereocenters. The second-order valence-electron chi connectivity index (χ2n) is 8.94. The molecule has 0 fully saturated rings. The molecule has 6 heterocycles. The molecular formula is C29H18FN9O. The normalized spacial score (nSPS) is 11.2. The summed E-state index contributed by atoms with van der Waals surface area (Å²) >= 11 is 0. The first-order valence-electron chi connectivity index (χ1n) is 12.3. The summed E-state index contributed by atoms with van der Waals surface area (Å²) in [6, 6.07) is 16.1. The molecule has 1 aromatic carbocycles. The number of aromatic amines is 2. The number of halogens is 1. The number of carbonyl (C=O) groups is 1. The van der Waals surface area contributed by atoms with E-state index >= 15 is 4.39 Å². The quantitative estimate of drug-likeness (QED) is 0.272. The van der Waals surface area contributed by atoms with Gasteiger partial charge >= 0.3 is 0 Å². The van der Waals surface area contributed by atoms with Gasteiger partial charge in [-0.2, -0.15) is 5.10 Å². The molecule has 192 valence electrons. The zero-order valence-corrected chi connectivity index (χ0v) is 20.6. The molecule has 0 saturated carbocycles. The van der Waals surface area contributed by atoms with E-state index in [1.54, 1.807) is 48.9 Å². The molecular weight excluding hydrogens is 509 g/mol. The lowest BCUT2D eigenvalue weighted by molar-refractivity contribution is 0.102. The molecule has 0 aliphatic carbocycles.